The predicted octanol–water partition coefficient (Wildman–Crippen LogP) is 2.27. The van der Waals surface area contributed by atoms with Gasteiger partial charge in [0.05, 0.1) is 5.02 Å². The first-order valence-electron chi connectivity index (χ1n) is 4.38. The predicted molar refractivity (Wildman–Crippen MR) is 58.7 cm³/mol. The van der Waals surface area contributed by atoms with Gasteiger partial charge >= 0.3 is 0 Å². The van der Waals surface area contributed by atoms with Gasteiger partial charge in [-0.15, -0.1) is 0 Å². The topological polar surface area (TPSA) is 72.2 Å². The summed E-state index contributed by atoms with van der Waals surface area (Å²) in [6.07, 6.45) is 1.18. The summed E-state index contributed by atoms with van der Waals surface area (Å²) >= 11 is 5.65. The van der Waals surface area contributed by atoms with Crippen LogP contribution in [0.1, 0.15) is 0 Å². The number of sulfonamides is 1. The van der Waals surface area contributed by atoms with Crippen molar-refractivity contribution in [1.29, 1.82) is 0 Å². The number of hydrogen-bond acceptors (Lipinski definition) is 4. The molecular weight excluding hydrogens is 271 g/mol. The minimum absolute atomic E-state index is 0.0516. The molecule has 0 bridgehead atoms. The highest BCUT2D eigenvalue weighted by Gasteiger charge is 2.23. The minimum atomic E-state index is -4.12. The van der Waals surface area contributed by atoms with Crippen molar-refractivity contribution in [3.63, 3.8) is 0 Å². The van der Waals surface area contributed by atoms with E-state index in [1.54, 1.807) is 0 Å². The van der Waals surface area contributed by atoms with Crippen molar-refractivity contribution in [2.45, 2.75) is 4.90 Å². The van der Waals surface area contributed by atoms with Gasteiger partial charge in [-0.1, -0.05) is 22.8 Å². The molecule has 0 aliphatic rings. The number of halogens is 2. The lowest BCUT2D eigenvalue weighted by Crippen LogP contribution is -2.15. The van der Waals surface area contributed by atoms with E-state index in [-0.39, 0.29) is 10.8 Å². The fraction of sp³-hybridized carbons (Fsp3) is 0. The van der Waals surface area contributed by atoms with Crippen LogP contribution < -0.4 is 4.72 Å². The van der Waals surface area contributed by atoms with E-state index in [1.807, 2.05) is 4.72 Å². The third-order valence-electron chi connectivity index (χ3n) is 1.86. The third-order valence-corrected chi connectivity index (χ3v) is 3.72. The molecule has 17 heavy (non-hydrogen) atoms. The molecule has 90 valence electrons. The third kappa shape index (κ3) is 2.40. The number of nitrogens with one attached hydrogen (secondary N) is 1. The SMILES string of the molecule is O=S(=O)(Nc1ccon1)c1c(F)cccc1Cl. The molecule has 1 heterocycles. The Morgan fingerprint density at radius 2 is 2.12 bits per heavy atom. The molecule has 0 radical (unpaired) electrons. The van der Waals surface area contributed by atoms with Crippen LogP contribution in [-0.4, -0.2) is 13.6 Å². The maximum Gasteiger partial charge on any atom is 0.267 e. The van der Waals surface area contributed by atoms with Gasteiger partial charge in [-0.25, -0.2) is 12.8 Å². The van der Waals surface area contributed by atoms with Crippen molar-refractivity contribution in [3.05, 3.63) is 41.4 Å². The number of hydrogen-bond donors (Lipinski definition) is 1. The zero-order valence-corrected chi connectivity index (χ0v) is 9.80. The van der Waals surface area contributed by atoms with Crippen molar-refractivity contribution >= 4 is 27.4 Å². The first-order valence-corrected chi connectivity index (χ1v) is 6.24. The molecule has 0 amide bonds. The van der Waals surface area contributed by atoms with Crippen molar-refractivity contribution in [2.75, 3.05) is 4.72 Å². The Kier molecular flexibility index (Phi) is 3.03. The molecule has 0 unspecified atom stereocenters. The van der Waals surface area contributed by atoms with E-state index >= 15 is 0 Å². The number of benzene rings is 1. The van der Waals surface area contributed by atoms with Crippen LogP contribution in [-0.2, 0) is 10.0 Å². The molecule has 8 heteroatoms. The largest absolute Gasteiger partial charge is 0.363 e. The smallest absolute Gasteiger partial charge is 0.267 e. The normalized spacial score (nSPS) is 11.4. The van der Waals surface area contributed by atoms with Crippen LogP contribution in [0.4, 0.5) is 10.2 Å². The number of nitrogens with zero attached hydrogens (tertiary/aromatic N) is 1. The maximum absolute atomic E-state index is 13.4. The highest BCUT2D eigenvalue weighted by Crippen LogP contribution is 2.25. The molecule has 5 nitrogen and oxygen atoms in total. The minimum Gasteiger partial charge on any atom is -0.363 e. The van der Waals surface area contributed by atoms with Crippen LogP contribution in [0.3, 0.4) is 0 Å². The number of anilines is 1. The quantitative estimate of drug-likeness (QED) is 0.933. The molecule has 0 aliphatic heterocycles. The molecular formula is C9H6ClFN2O3S. The Labute approximate surface area is 101 Å². The zero-order valence-electron chi connectivity index (χ0n) is 8.22. The monoisotopic (exact) mass is 276 g/mol. The molecule has 0 saturated heterocycles. The van der Waals surface area contributed by atoms with Crippen molar-refractivity contribution in [2.24, 2.45) is 0 Å². The highest BCUT2D eigenvalue weighted by atomic mass is 35.5. The molecule has 2 aromatic rings. The second-order valence-corrected chi connectivity index (χ2v) is 5.07. The Bertz CT molecular complexity index is 607. The lowest BCUT2D eigenvalue weighted by molar-refractivity contribution is 0.423. The van der Waals surface area contributed by atoms with E-state index in [0.717, 1.165) is 6.07 Å². The number of rotatable bonds is 3. The Morgan fingerprint density at radius 1 is 1.35 bits per heavy atom. The van der Waals surface area contributed by atoms with E-state index in [2.05, 4.69) is 9.68 Å². The second-order valence-electron chi connectivity index (χ2n) is 3.04. The van der Waals surface area contributed by atoms with Gasteiger partial charge in [-0.2, -0.15) is 0 Å². The molecule has 0 atom stereocenters. The van der Waals surface area contributed by atoms with Crippen LogP contribution in [0.2, 0.25) is 5.02 Å². The zero-order chi connectivity index (χ0) is 12.5. The molecule has 2 rings (SSSR count). The fourth-order valence-electron chi connectivity index (χ4n) is 1.19. The molecule has 1 N–H and O–H groups in total. The van der Waals surface area contributed by atoms with E-state index in [4.69, 9.17) is 11.6 Å². The molecule has 0 aliphatic carbocycles. The first-order chi connectivity index (χ1) is 8.00. The summed E-state index contributed by atoms with van der Waals surface area (Å²) in [5.74, 6) is -0.988. The maximum atomic E-state index is 13.4. The van der Waals surface area contributed by atoms with E-state index < -0.39 is 20.7 Å². The molecule has 1 aromatic heterocycles. The van der Waals surface area contributed by atoms with E-state index in [1.165, 1.54) is 24.5 Å². The molecule has 0 spiro atoms. The lowest BCUT2D eigenvalue weighted by Gasteiger charge is -2.07. The molecule has 0 fully saturated rings. The van der Waals surface area contributed by atoms with Crippen LogP contribution in [0, 0.1) is 5.82 Å². The molecule has 1 aromatic carbocycles. The summed E-state index contributed by atoms with van der Waals surface area (Å²) in [4.78, 5) is -0.621. The first kappa shape index (κ1) is 11.9. The van der Waals surface area contributed by atoms with Gasteiger partial charge in [-0.3, -0.25) is 4.72 Å². The van der Waals surface area contributed by atoms with Gasteiger partial charge in [-0.05, 0) is 12.1 Å². The van der Waals surface area contributed by atoms with E-state index in [0.29, 0.717) is 0 Å². The van der Waals surface area contributed by atoms with Crippen LogP contribution in [0.15, 0.2) is 39.9 Å². The van der Waals surface area contributed by atoms with Crippen LogP contribution >= 0.6 is 11.6 Å². The summed E-state index contributed by atoms with van der Waals surface area (Å²) < 4.78 is 43.6. The van der Waals surface area contributed by atoms with Crippen molar-refractivity contribution < 1.29 is 17.3 Å². The summed E-state index contributed by atoms with van der Waals surface area (Å²) in [6, 6.07) is 4.88. The Morgan fingerprint density at radius 3 is 2.71 bits per heavy atom. The van der Waals surface area contributed by atoms with Gasteiger partial charge in [0.2, 0.25) is 0 Å². The van der Waals surface area contributed by atoms with Crippen molar-refractivity contribution in [1.82, 2.24) is 5.16 Å². The number of aromatic nitrogens is 1. The Balaban J connectivity index is 2.45. The highest BCUT2D eigenvalue weighted by molar-refractivity contribution is 7.92. The fourth-order valence-corrected chi connectivity index (χ4v) is 2.79. The Hall–Kier alpha value is -1.60. The van der Waals surface area contributed by atoms with Crippen LogP contribution in [0.5, 0.6) is 0 Å². The second kappa shape index (κ2) is 4.34. The lowest BCUT2D eigenvalue weighted by atomic mass is 10.3. The molecule has 0 saturated carbocycles. The van der Waals surface area contributed by atoms with Crippen LogP contribution in [0.25, 0.3) is 0 Å². The summed E-state index contributed by atoms with van der Waals surface area (Å²) in [5, 5.41) is 3.15. The van der Waals surface area contributed by atoms with Gasteiger partial charge in [0.15, 0.2) is 5.82 Å². The van der Waals surface area contributed by atoms with E-state index in [9.17, 15) is 12.8 Å². The van der Waals surface area contributed by atoms with Gasteiger partial charge < -0.3 is 4.52 Å². The van der Waals surface area contributed by atoms with Crippen molar-refractivity contribution in [3.8, 4) is 0 Å². The summed E-state index contributed by atoms with van der Waals surface area (Å²) in [7, 11) is -4.12. The summed E-state index contributed by atoms with van der Waals surface area (Å²) in [6.45, 7) is 0. The van der Waals surface area contributed by atoms with Gasteiger partial charge in [0, 0.05) is 6.07 Å². The average Bonchev–Trinajstić information content (AvgIpc) is 2.68. The average molecular weight is 277 g/mol. The standard InChI is InChI=1S/C9H6ClFN2O3S/c10-6-2-1-3-7(11)9(6)17(14,15)13-8-4-5-16-12-8/h1-5H,(H,12,13). The van der Waals surface area contributed by atoms with Gasteiger partial charge in [0.1, 0.15) is 17.0 Å². The summed E-state index contributed by atoms with van der Waals surface area (Å²) in [5.41, 5.74) is 0. The van der Waals surface area contributed by atoms with Gasteiger partial charge in [0.25, 0.3) is 10.0 Å².